The second-order valence-electron chi connectivity index (χ2n) is 9.73. The topological polar surface area (TPSA) is 54.0 Å². The maximum absolute atomic E-state index is 13.8. The van der Waals surface area contributed by atoms with Crippen LogP contribution in [0.4, 0.5) is 0 Å². The summed E-state index contributed by atoms with van der Waals surface area (Å²) in [5, 5.41) is 3.34. The summed E-state index contributed by atoms with van der Waals surface area (Å²) in [5.41, 5.74) is 0.795. The predicted octanol–water partition coefficient (Wildman–Crippen LogP) is 3.30. The second kappa shape index (κ2) is 11.0. The van der Waals surface area contributed by atoms with E-state index in [-0.39, 0.29) is 11.3 Å². The van der Waals surface area contributed by atoms with Crippen molar-refractivity contribution in [2.45, 2.75) is 58.5 Å². The van der Waals surface area contributed by atoms with Crippen LogP contribution in [0.3, 0.4) is 0 Å². The first kappa shape index (κ1) is 23.5. The molecule has 1 saturated carbocycles. The Hall–Kier alpha value is -1.63. The summed E-state index contributed by atoms with van der Waals surface area (Å²) in [5.74, 6) is 1.59. The third-order valence-corrected chi connectivity index (χ3v) is 7.90. The second-order valence-corrected chi connectivity index (χ2v) is 9.73. The van der Waals surface area contributed by atoms with Crippen LogP contribution < -0.4 is 10.1 Å². The minimum absolute atomic E-state index is 0.242. The number of carbonyl (C=O) groups is 1. The Bertz CT molecular complexity index is 752. The molecule has 178 valence electrons. The van der Waals surface area contributed by atoms with Gasteiger partial charge in [-0.3, -0.25) is 9.69 Å². The van der Waals surface area contributed by atoms with E-state index in [0.29, 0.717) is 25.1 Å². The molecule has 0 spiro atoms. The van der Waals surface area contributed by atoms with Crippen molar-refractivity contribution in [2.24, 2.45) is 11.3 Å². The van der Waals surface area contributed by atoms with Crippen molar-refractivity contribution < 1.29 is 14.3 Å². The molecular formula is C26H41N3O3. The maximum atomic E-state index is 13.8. The summed E-state index contributed by atoms with van der Waals surface area (Å²) in [7, 11) is 0. The highest BCUT2D eigenvalue weighted by Crippen LogP contribution is 2.48. The first-order valence-corrected chi connectivity index (χ1v) is 12.7. The number of piperidine rings is 1. The monoisotopic (exact) mass is 443 g/mol. The number of para-hydroxylation sites is 1. The molecule has 6 nitrogen and oxygen atoms in total. The summed E-state index contributed by atoms with van der Waals surface area (Å²) >= 11 is 0. The van der Waals surface area contributed by atoms with Crippen LogP contribution in [0.25, 0.3) is 0 Å². The van der Waals surface area contributed by atoms with Gasteiger partial charge < -0.3 is 19.7 Å². The minimum atomic E-state index is -0.268. The molecule has 3 fully saturated rings. The van der Waals surface area contributed by atoms with Gasteiger partial charge in [0.1, 0.15) is 5.75 Å². The molecule has 6 heteroatoms. The molecule has 1 aromatic rings. The summed E-state index contributed by atoms with van der Waals surface area (Å²) < 4.78 is 11.5. The number of hydrogen-bond acceptors (Lipinski definition) is 5. The fraction of sp³-hybridized carbons (Fsp3) is 0.731. The lowest BCUT2D eigenvalue weighted by atomic mass is 9.61. The van der Waals surface area contributed by atoms with Gasteiger partial charge in [0.05, 0.1) is 25.2 Å². The number of morpholine rings is 1. The molecule has 0 unspecified atom stereocenters. The van der Waals surface area contributed by atoms with E-state index in [9.17, 15) is 4.79 Å². The average Bonchev–Trinajstić information content (AvgIpc) is 2.86. The molecule has 2 heterocycles. The van der Waals surface area contributed by atoms with Crippen LogP contribution in [-0.4, -0.2) is 74.3 Å². The summed E-state index contributed by atoms with van der Waals surface area (Å²) in [6.07, 6.45) is 5.33. The molecule has 2 aliphatic heterocycles. The summed E-state index contributed by atoms with van der Waals surface area (Å²) in [6, 6.07) is 8.69. The van der Waals surface area contributed by atoms with Gasteiger partial charge in [0.15, 0.2) is 0 Å². The van der Waals surface area contributed by atoms with E-state index in [4.69, 9.17) is 9.47 Å². The van der Waals surface area contributed by atoms with E-state index < -0.39 is 0 Å². The van der Waals surface area contributed by atoms with Crippen molar-refractivity contribution in [2.75, 3.05) is 52.5 Å². The Labute approximate surface area is 193 Å². The van der Waals surface area contributed by atoms with Gasteiger partial charge in [-0.1, -0.05) is 32.0 Å². The van der Waals surface area contributed by atoms with E-state index in [0.717, 1.165) is 89.4 Å². The van der Waals surface area contributed by atoms with Crippen LogP contribution in [0.5, 0.6) is 5.75 Å². The molecule has 3 aliphatic rings. The zero-order valence-corrected chi connectivity index (χ0v) is 20.0. The smallest absolute Gasteiger partial charge is 0.228 e. The number of hydrogen-bond donors (Lipinski definition) is 1. The van der Waals surface area contributed by atoms with Gasteiger partial charge in [-0.15, -0.1) is 0 Å². The van der Waals surface area contributed by atoms with E-state index in [2.05, 4.69) is 35.0 Å². The van der Waals surface area contributed by atoms with Crippen LogP contribution in [-0.2, 0) is 16.1 Å². The molecule has 4 rings (SSSR count). The highest BCUT2D eigenvalue weighted by Gasteiger charge is 2.52. The van der Waals surface area contributed by atoms with Crippen LogP contribution >= 0.6 is 0 Å². The number of likely N-dealkylation sites (tertiary alicyclic amines) is 1. The average molecular weight is 444 g/mol. The molecule has 2 saturated heterocycles. The molecule has 32 heavy (non-hydrogen) atoms. The van der Waals surface area contributed by atoms with Crippen LogP contribution in [0, 0.1) is 11.3 Å². The van der Waals surface area contributed by atoms with Crippen LogP contribution in [0.2, 0.25) is 0 Å². The lowest BCUT2D eigenvalue weighted by Crippen LogP contribution is -2.60. The maximum Gasteiger partial charge on any atom is 0.228 e. The molecule has 0 bridgehead atoms. The molecular weight excluding hydrogens is 402 g/mol. The Kier molecular flexibility index (Phi) is 8.08. The number of amides is 1. The van der Waals surface area contributed by atoms with Crippen molar-refractivity contribution >= 4 is 5.91 Å². The Morgan fingerprint density at radius 1 is 1.19 bits per heavy atom. The fourth-order valence-electron chi connectivity index (χ4n) is 5.99. The van der Waals surface area contributed by atoms with E-state index in [1.165, 1.54) is 0 Å². The lowest BCUT2D eigenvalue weighted by Gasteiger charge is -2.53. The summed E-state index contributed by atoms with van der Waals surface area (Å²) in [4.78, 5) is 18.9. The quantitative estimate of drug-likeness (QED) is 0.668. The number of ether oxygens (including phenoxy) is 2. The van der Waals surface area contributed by atoms with Crippen LogP contribution in [0.1, 0.15) is 51.5 Å². The highest BCUT2D eigenvalue weighted by molar-refractivity contribution is 5.83. The van der Waals surface area contributed by atoms with Gasteiger partial charge >= 0.3 is 0 Å². The van der Waals surface area contributed by atoms with Crippen LogP contribution in [0.15, 0.2) is 24.3 Å². The van der Waals surface area contributed by atoms with E-state index in [1.54, 1.807) is 0 Å². The Morgan fingerprint density at radius 2 is 2.00 bits per heavy atom. The first-order chi connectivity index (χ1) is 15.7. The third-order valence-electron chi connectivity index (χ3n) is 7.90. The fourth-order valence-corrected chi connectivity index (χ4v) is 5.99. The largest absolute Gasteiger partial charge is 0.493 e. The number of fused-ring (bicyclic) bond motifs is 1. The number of rotatable bonds is 8. The van der Waals surface area contributed by atoms with E-state index in [1.807, 2.05) is 18.2 Å². The van der Waals surface area contributed by atoms with Gasteiger partial charge in [0.25, 0.3) is 0 Å². The Morgan fingerprint density at radius 3 is 2.78 bits per heavy atom. The van der Waals surface area contributed by atoms with E-state index >= 15 is 0 Å². The first-order valence-electron chi connectivity index (χ1n) is 12.7. The summed E-state index contributed by atoms with van der Waals surface area (Å²) in [6.45, 7) is 12.3. The zero-order chi connectivity index (χ0) is 22.4. The van der Waals surface area contributed by atoms with Crippen molar-refractivity contribution in [1.29, 1.82) is 0 Å². The van der Waals surface area contributed by atoms with Gasteiger partial charge in [-0.2, -0.15) is 0 Å². The highest BCUT2D eigenvalue weighted by atomic mass is 16.5. The number of benzene rings is 1. The van der Waals surface area contributed by atoms with Gasteiger partial charge in [-0.05, 0) is 57.2 Å². The molecule has 0 aromatic heterocycles. The number of nitrogens with one attached hydrogen (secondary N) is 1. The molecule has 1 amide bonds. The van der Waals surface area contributed by atoms with Crippen molar-refractivity contribution in [3.63, 3.8) is 0 Å². The predicted molar refractivity (Wildman–Crippen MR) is 127 cm³/mol. The number of carbonyl (C=O) groups excluding carboxylic acids is 1. The zero-order valence-electron chi connectivity index (χ0n) is 20.0. The van der Waals surface area contributed by atoms with Gasteiger partial charge in [-0.25, -0.2) is 0 Å². The molecule has 1 aliphatic carbocycles. The number of nitrogens with zero attached hydrogens (tertiary/aromatic N) is 2. The standard InChI is InChI=1S/C26H41N3O3/c1-3-15-32-24-8-6-5-7-21(24)19-27-25(30)26-11-9-23(29-13-16-31-17-14-29)18-22(26)10-12-28(4-2)20-26/h5-8,22-23H,3-4,9-20H2,1-2H3,(H,27,30)/t22-,23+,26-/m1/s1. The van der Waals surface area contributed by atoms with Gasteiger partial charge in [0.2, 0.25) is 5.91 Å². The Balaban J connectivity index is 1.45. The van der Waals surface area contributed by atoms with Crippen molar-refractivity contribution in [1.82, 2.24) is 15.1 Å². The molecule has 3 atom stereocenters. The SMILES string of the molecule is CCCOc1ccccc1CNC(=O)[C@@]12CC[C@H](N3CCOCC3)C[C@H]1CCN(CC)C2. The lowest BCUT2D eigenvalue weighted by molar-refractivity contribution is -0.145. The normalized spacial score (nSPS) is 29.3. The van der Waals surface area contributed by atoms with Crippen molar-refractivity contribution in [3.05, 3.63) is 29.8 Å². The minimum Gasteiger partial charge on any atom is -0.493 e. The third kappa shape index (κ3) is 5.13. The molecule has 1 N–H and O–H groups in total. The van der Waals surface area contributed by atoms with Crippen molar-refractivity contribution in [3.8, 4) is 5.75 Å². The van der Waals surface area contributed by atoms with Gasteiger partial charge in [0, 0.05) is 37.8 Å². The molecule has 0 radical (unpaired) electrons. The molecule has 1 aromatic carbocycles.